The van der Waals surface area contributed by atoms with Crippen molar-refractivity contribution in [2.45, 2.75) is 25.5 Å². The molecular weight excluding hydrogens is 212 g/mol. The molecule has 0 aliphatic carbocycles. The van der Waals surface area contributed by atoms with Crippen LogP contribution in [0.3, 0.4) is 0 Å². The van der Waals surface area contributed by atoms with E-state index in [0.29, 0.717) is 12.1 Å². The van der Waals surface area contributed by atoms with E-state index >= 15 is 0 Å². The van der Waals surface area contributed by atoms with E-state index in [2.05, 4.69) is 42.4 Å². The Morgan fingerprint density at radius 2 is 2.24 bits per heavy atom. The van der Waals surface area contributed by atoms with E-state index in [0.717, 1.165) is 31.8 Å². The molecule has 1 aromatic rings. The van der Waals surface area contributed by atoms with Crippen LogP contribution in [-0.2, 0) is 6.42 Å². The molecule has 3 rings (SSSR count). The molecule has 3 heteroatoms. The van der Waals surface area contributed by atoms with Gasteiger partial charge < -0.3 is 10.1 Å². The van der Waals surface area contributed by atoms with Gasteiger partial charge >= 0.3 is 0 Å². The van der Waals surface area contributed by atoms with Crippen LogP contribution < -0.4 is 10.1 Å². The van der Waals surface area contributed by atoms with Gasteiger partial charge in [0.05, 0.1) is 0 Å². The maximum absolute atomic E-state index is 5.99. The number of benzene rings is 1. The van der Waals surface area contributed by atoms with Crippen LogP contribution in [0, 0.1) is 6.92 Å². The number of fused-ring (bicyclic) bond motifs is 1. The summed E-state index contributed by atoms with van der Waals surface area (Å²) in [4.78, 5) is 2.42. The number of likely N-dealkylation sites (N-methyl/N-ethyl adjacent to an activating group) is 1. The lowest BCUT2D eigenvalue weighted by atomic mass is 10.1. The lowest BCUT2D eigenvalue weighted by Crippen LogP contribution is -2.57. The molecule has 1 saturated heterocycles. The van der Waals surface area contributed by atoms with Crippen LogP contribution in [0.1, 0.15) is 11.1 Å². The molecule has 2 aliphatic rings. The minimum atomic E-state index is 0.331. The molecule has 0 saturated carbocycles. The largest absolute Gasteiger partial charge is 0.488 e. The lowest BCUT2D eigenvalue weighted by Gasteiger charge is -2.36. The molecule has 0 bridgehead atoms. The van der Waals surface area contributed by atoms with Crippen molar-refractivity contribution < 1.29 is 4.74 Å². The minimum Gasteiger partial charge on any atom is -0.488 e. The van der Waals surface area contributed by atoms with E-state index < -0.39 is 0 Å². The molecule has 0 spiro atoms. The Morgan fingerprint density at radius 1 is 1.41 bits per heavy atom. The molecule has 1 N–H and O–H groups in total. The fraction of sp³-hybridized carbons (Fsp3) is 0.571. The summed E-state index contributed by atoms with van der Waals surface area (Å²) >= 11 is 0. The summed E-state index contributed by atoms with van der Waals surface area (Å²) in [5.74, 6) is 1.08. The Balaban J connectivity index is 1.61. The quantitative estimate of drug-likeness (QED) is 0.847. The Bertz CT molecular complexity index is 415. The first-order valence-electron chi connectivity index (χ1n) is 6.39. The summed E-state index contributed by atoms with van der Waals surface area (Å²) in [5.41, 5.74) is 2.69. The predicted molar refractivity (Wildman–Crippen MR) is 68.6 cm³/mol. The molecule has 1 unspecified atom stereocenters. The number of nitrogens with zero attached hydrogens (tertiary/aromatic N) is 1. The number of aryl methyl sites for hydroxylation is 1. The Kier molecular flexibility index (Phi) is 2.81. The number of rotatable bonds is 3. The molecule has 3 nitrogen and oxygen atoms in total. The molecular formula is C14H20N2O. The lowest BCUT2D eigenvalue weighted by molar-refractivity contribution is 0.113. The second kappa shape index (κ2) is 4.31. The van der Waals surface area contributed by atoms with E-state index in [-0.39, 0.29) is 0 Å². The van der Waals surface area contributed by atoms with Gasteiger partial charge in [-0.3, -0.25) is 4.90 Å². The van der Waals surface area contributed by atoms with Crippen molar-refractivity contribution in [2.75, 3.05) is 26.7 Å². The zero-order valence-corrected chi connectivity index (χ0v) is 10.6. The van der Waals surface area contributed by atoms with Crippen LogP contribution in [0.25, 0.3) is 0 Å². The Hall–Kier alpha value is -1.06. The van der Waals surface area contributed by atoms with Crippen molar-refractivity contribution in [3.05, 3.63) is 29.3 Å². The van der Waals surface area contributed by atoms with Crippen molar-refractivity contribution >= 4 is 0 Å². The van der Waals surface area contributed by atoms with Gasteiger partial charge in [0.2, 0.25) is 0 Å². The monoisotopic (exact) mass is 232 g/mol. The summed E-state index contributed by atoms with van der Waals surface area (Å²) < 4.78 is 5.99. The van der Waals surface area contributed by atoms with Crippen LogP contribution in [0.15, 0.2) is 18.2 Å². The standard InChI is InChI=1S/C14H20N2O/c1-10-3-4-14-11(5-10)6-13(17-14)9-16(2)12-7-15-8-12/h3-5,12-13,15H,6-9H2,1-2H3. The second-order valence-electron chi connectivity index (χ2n) is 5.31. The number of hydrogen-bond acceptors (Lipinski definition) is 3. The zero-order valence-electron chi connectivity index (χ0n) is 10.6. The fourth-order valence-electron chi connectivity index (χ4n) is 2.61. The topological polar surface area (TPSA) is 24.5 Å². The van der Waals surface area contributed by atoms with Gasteiger partial charge in [-0.1, -0.05) is 17.7 Å². The summed E-state index contributed by atoms with van der Waals surface area (Å²) in [7, 11) is 2.20. The zero-order chi connectivity index (χ0) is 11.8. The fourth-order valence-corrected chi connectivity index (χ4v) is 2.61. The summed E-state index contributed by atoms with van der Waals surface area (Å²) in [6.45, 7) is 5.41. The molecule has 92 valence electrons. The third kappa shape index (κ3) is 2.17. The van der Waals surface area contributed by atoms with Gasteiger partial charge in [0.15, 0.2) is 0 Å². The maximum Gasteiger partial charge on any atom is 0.123 e. The number of nitrogens with one attached hydrogen (secondary N) is 1. The molecule has 1 atom stereocenters. The average molecular weight is 232 g/mol. The number of hydrogen-bond donors (Lipinski definition) is 1. The Morgan fingerprint density at radius 3 is 2.94 bits per heavy atom. The molecule has 0 radical (unpaired) electrons. The van der Waals surface area contributed by atoms with E-state index in [9.17, 15) is 0 Å². The minimum absolute atomic E-state index is 0.331. The molecule has 17 heavy (non-hydrogen) atoms. The third-order valence-corrected chi connectivity index (χ3v) is 3.83. The van der Waals surface area contributed by atoms with Gasteiger partial charge in [-0.2, -0.15) is 0 Å². The molecule has 2 heterocycles. The van der Waals surface area contributed by atoms with Gasteiger partial charge in [0.25, 0.3) is 0 Å². The van der Waals surface area contributed by atoms with Crippen molar-refractivity contribution in [1.82, 2.24) is 10.2 Å². The van der Waals surface area contributed by atoms with Crippen molar-refractivity contribution in [3.63, 3.8) is 0 Å². The second-order valence-corrected chi connectivity index (χ2v) is 5.31. The maximum atomic E-state index is 5.99. The molecule has 0 aromatic heterocycles. The number of ether oxygens (including phenoxy) is 1. The van der Waals surface area contributed by atoms with Gasteiger partial charge in [0, 0.05) is 32.1 Å². The van der Waals surface area contributed by atoms with Crippen LogP contribution in [0.5, 0.6) is 5.75 Å². The van der Waals surface area contributed by atoms with E-state index in [1.165, 1.54) is 11.1 Å². The Labute approximate surface area is 103 Å². The van der Waals surface area contributed by atoms with Gasteiger partial charge in [-0.25, -0.2) is 0 Å². The van der Waals surface area contributed by atoms with Gasteiger partial charge in [-0.05, 0) is 25.6 Å². The normalized spacial score (nSPS) is 23.4. The van der Waals surface area contributed by atoms with Crippen molar-refractivity contribution in [3.8, 4) is 5.75 Å². The predicted octanol–water partition coefficient (Wildman–Crippen LogP) is 1.20. The highest BCUT2D eigenvalue weighted by Crippen LogP contribution is 2.29. The molecule has 0 amide bonds. The highest BCUT2D eigenvalue weighted by Gasteiger charge is 2.28. The van der Waals surface area contributed by atoms with Crippen LogP contribution >= 0.6 is 0 Å². The van der Waals surface area contributed by atoms with Gasteiger partial charge in [-0.15, -0.1) is 0 Å². The highest BCUT2D eigenvalue weighted by molar-refractivity contribution is 5.40. The van der Waals surface area contributed by atoms with Crippen molar-refractivity contribution in [1.29, 1.82) is 0 Å². The van der Waals surface area contributed by atoms with E-state index in [1.807, 2.05) is 0 Å². The first-order valence-corrected chi connectivity index (χ1v) is 6.39. The highest BCUT2D eigenvalue weighted by atomic mass is 16.5. The molecule has 1 aromatic carbocycles. The first kappa shape index (κ1) is 11.1. The van der Waals surface area contributed by atoms with Crippen molar-refractivity contribution in [2.24, 2.45) is 0 Å². The van der Waals surface area contributed by atoms with Crippen LogP contribution in [0.2, 0.25) is 0 Å². The molecule has 1 fully saturated rings. The summed E-state index contributed by atoms with van der Waals surface area (Å²) in [5, 5.41) is 3.31. The third-order valence-electron chi connectivity index (χ3n) is 3.83. The first-order chi connectivity index (χ1) is 8.22. The van der Waals surface area contributed by atoms with Gasteiger partial charge in [0.1, 0.15) is 11.9 Å². The van der Waals surface area contributed by atoms with Crippen LogP contribution in [-0.4, -0.2) is 43.7 Å². The van der Waals surface area contributed by atoms with E-state index in [1.54, 1.807) is 0 Å². The smallest absolute Gasteiger partial charge is 0.123 e. The van der Waals surface area contributed by atoms with E-state index in [4.69, 9.17) is 4.74 Å². The SMILES string of the molecule is Cc1ccc2c(c1)CC(CN(C)C1CNC1)O2. The van der Waals surface area contributed by atoms with Crippen LogP contribution in [0.4, 0.5) is 0 Å². The average Bonchev–Trinajstić information content (AvgIpc) is 2.55. The molecule has 2 aliphatic heterocycles. The summed E-state index contributed by atoms with van der Waals surface area (Å²) in [6, 6.07) is 7.18. The summed E-state index contributed by atoms with van der Waals surface area (Å²) in [6.07, 6.45) is 1.39.